The number of halogens is 2. The summed E-state index contributed by atoms with van der Waals surface area (Å²) < 4.78 is 36.9. The Balaban J connectivity index is 1.83. The number of ether oxygens (including phenoxy) is 1. The summed E-state index contributed by atoms with van der Waals surface area (Å²) >= 11 is 0. The van der Waals surface area contributed by atoms with E-state index < -0.39 is 17.7 Å². The summed E-state index contributed by atoms with van der Waals surface area (Å²) in [5.74, 6) is -1.07. The van der Waals surface area contributed by atoms with Crippen LogP contribution in [0, 0.1) is 18.6 Å². The molecule has 3 aromatic rings. The number of anilines is 1. The normalized spacial score (nSPS) is 10.5. The smallest absolute Gasteiger partial charge is 0.404 e. The van der Waals surface area contributed by atoms with Gasteiger partial charge in [0.25, 0.3) is 0 Å². The van der Waals surface area contributed by atoms with Gasteiger partial charge in [-0.15, -0.1) is 0 Å². The summed E-state index contributed by atoms with van der Waals surface area (Å²) in [5, 5.41) is 6.01. The Hall–Kier alpha value is -3.22. The Morgan fingerprint density at radius 3 is 2.67 bits per heavy atom. The molecule has 122 valence electrons. The standard InChI is InChI=1S/C17H12F2N2O3/c1-10-16(15(21-24-10)11-5-3-2-4-6-11)23-17(22)20-14-9-12(18)7-8-13(14)19/h2-9H,1H3,(H,20,22). The maximum Gasteiger partial charge on any atom is 0.417 e. The molecule has 5 nitrogen and oxygen atoms in total. The van der Waals surface area contributed by atoms with Gasteiger partial charge in [-0.1, -0.05) is 35.5 Å². The first-order valence-corrected chi connectivity index (χ1v) is 7.00. The molecule has 0 spiro atoms. The maximum atomic E-state index is 13.6. The lowest BCUT2D eigenvalue weighted by atomic mass is 10.1. The average molecular weight is 330 g/mol. The second kappa shape index (κ2) is 6.49. The van der Waals surface area contributed by atoms with E-state index in [0.717, 1.165) is 18.2 Å². The van der Waals surface area contributed by atoms with E-state index >= 15 is 0 Å². The molecule has 0 bridgehead atoms. The number of hydrogen-bond acceptors (Lipinski definition) is 4. The molecule has 3 rings (SSSR count). The fourth-order valence-electron chi connectivity index (χ4n) is 2.09. The van der Waals surface area contributed by atoms with Crippen LogP contribution in [0.4, 0.5) is 19.3 Å². The zero-order valence-electron chi connectivity index (χ0n) is 12.5. The number of aryl methyl sites for hydroxylation is 1. The molecule has 0 fully saturated rings. The molecule has 1 heterocycles. The van der Waals surface area contributed by atoms with Gasteiger partial charge in [-0.05, 0) is 12.1 Å². The number of aromatic nitrogens is 1. The molecular weight excluding hydrogens is 318 g/mol. The van der Waals surface area contributed by atoms with Gasteiger partial charge in [0.1, 0.15) is 11.6 Å². The van der Waals surface area contributed by atoms with Crippen LogP contribution in [0.2, 0.25) is 0 Å². The van der Waals surface area contributed by atoms with Gasteiger partial charge in [0.05, 0.1) is 5.69 Å². The Labute approximate surface area is 135 Å². The van der Waals surface area contributed by atoms with Crippen molar-refractivity contribution in [3.05, 3.63) is 65.9 Å². The largest absolute Gasteiger partial charge is 0.417 e. The van der Waals surface area contributed by atoms with Crippen LogP contribution < -0.4 is 10.1 Å². The SMILES string of the molecule is Cc1onc(-c2ccccc2)c1OC(=O)Nc1cc(F)ccc1F. The number of rotatable bonds is 3. The van der Waals surface area contributed by atoms with Crippen molar-refractivity contribution in [3.8, 4) is 17.0 Å². The van der Waals surface area contributed by atoms with Gasteiger partial charge in [-0.25, -0.2) is 13.6 Å². The molecule has 0 aliphatic rings. The summed E-state index contributed by atoms with van der Waals surface area (Å²) in [6, 6.07) is 11.7. The highest BCUT2D eigenvalue weighted by molar-refractivity contribution is 5.87. The number of hydrogen-bond donors (Lipinski definition) is 1. The van der Waals surface area contributed by atoms with Crippen molar-refractivity contribution in [2.24, 2.45) is 0 Å². The van der Waals surface area contributed by atoms with Crippen molar-refractivity contribution in [1.82, 2.24) is 5.16 Å². The summed E-state index contributed by atoms with van der Waals surface area (Å²) in [6.07, 6.45) is -0.983. The Kier molecular flexibility index (Phi) is 4.24. The molecule has 0 atom stereocenters. The van der Waals surface area contributed by atoms with Crippen LogP contribution in [0.25, 0.3) is 11.3 Å². The van der Waals surface area contributed by atoms with Crippen LogP contribution in [-0.4, -0.2) is 11.2 Å². The molecule has 7 heteroatoms. The van der Waals surface area contributed by atoms with Crippen molar-refractivity contribution in [1.29, 1.82) is 0 Å². The van der Waals surface area contributed by atoms with Crippen molar-refractivity contribution >= 4 is 11.8 Å². The van der Waals surface area contributed by atoms with E-state index in [1.165, 1.54) is 0 Å². The van der Waals surface area contributed by atoms with E-state index in [0.29, 0.717) is 11.3 Å². The molecule has 1 amide bonds. The molecule has 0 unspecified atom stereocenters. The second-order valence-electron chi connectivity index (χ2n) is 4.92. The van der Waals surface area contributed by atoms with E-state index in [9.17, 15) is 13.6 Å². The molecule has 1 N–H and O–H groups in total. The topological polar surface area (TPSA) is 64.4 Å². The first kappa shape index (κ1) is 15.7. The lowest BCUT2D eigenvalue weighted by Crippen LogP contribution is -2.18. The summed E-state index contributed by atoms with van der Waals surface area (Å²) in [6.45, 7) is 1.57. The summed E-state index contributed by atoms with van der Waals surface area (Å²) in [5.41, 5.74) is 0.701. The van der Waals surface area contributed by atoms with E-state index in [2.05, 4.69) is 10.5 Å². The van der Waals surface area contributed by atoms with E-state index in [1.807, 2.05) is 6.07 Å². The van der Waals surface area contributed by atoms with Gasteiger partial charge in [0.15, 0.2) is 11.5 Å². The number of carbonyl (C=O) groups is 1. The quantitative estimate of drug-likeness (QED) is 0.766. The first-order valence-electron chi connectivity index (χ1n) is 7.00. The monoisotopic (exact) mass is 330 g/mol. The van der Waals surface area contributed by atoms with Crippen LogP contribution >= 0.6 is 0 Å². The average Bonchev–Trinajstić information content (AvgIpc) is 2.93. The van der Waals surface area contributed by atoms with Gasteiger partial charge in [-0.3, -0.25) is 5.32 Å². The van der Waals surface area contributed by atoms with Crippen LogP contribution in [0.1, 0.15) is 5.76 Å². The number of carbonyl (C=O) groups excluding carboxylic acids is 1. The van der Waals surface area contributed by atoms with Crippen LogP contribution in [-0.2, 0) is 0 Å². The third-order valence-electron chi connectivity index (χ3n) is 3.22. The zero-order valence-corrected chi connectivity index (χ0v) is 12.5. The van der Waals surface area contributed by atoms with Crippen LogP contribution in [0.15, 0.2) is 53.1 Å². The van der Waals surface area contributed by atoms with Crippen molar-refractivity contribution in [2.45, 2.75) is 6.92 Å². The van der Waals surface area contributed by atoms with Gasteiger partial charge >= 0.3 is 6.09 Å². The Bertz CT molecular complexity index is 879. The van der Waals surface area contributed by atoms with E-state index in [1.54, 1.807) is 31.2 Å². The third kappa shape index (κ3) is 3.24. The molecule has 1 aromatic heterocycles. The predicted molar refractivity (Wildman–Crippen MR) is 82.7 cm³/mol. The molecule has 0 saturated carbocycles. The van der Waals surface area contributed by atoms with Crippen molar-refractivity contribution < 1.29 is 22.8 Å². The number of nitrogens with one attached hydrogen (secondary N) is 1. The molecule has 0 radical (unpaired) electrons. The highest BCUT2D eigenvalue weighted by atomic mass is 19.1. The van der Waals surface area contributed by atoms with Crippen LogP contribution in [0.5, 0.6) is 5.75 Å². The molecule has 0 aliphatic heterocycles. The molecule has 24 heavy (non-hydrogen) atoms. The van der Waals surface area contributed by atoms with Crippen LogP contribution in [0.3, 0.4) is 0 Å². The van der Waals surface area contributed by atoms with Gasteiger partial charge < -0.3 is 9.26 Å². The second-order valence-corrected chi connectivity index (χ2v) is 4.92. The lowest BCUT2D eigenvalue weighted by Gasteiger charge is -2.08. The van der Waals surface area contributed by atoms with Gasteiger partial charge in [0.2, 0.25) is 5.75 Å². The number of amides is 1. The molecule has 2 aromatic carbocycles. The highest BCUT2D eigenvalue weighted by Gasteiger charge is 2.20. The minimum atomic E-state index is -0.983. The van der Waals surface area contributed by atoms with Gasteiger partial charge in [0, 0.05) is 18.6 Å². The molecular formula is C17H12F2N2O3. The number of nitrogens with zero attached hydrogens (tertiary/aromatic N) is 1. The summed E-state index contributed by atoms with van der Waals surface area (Å²) in [7, 11) is 0. The van der Waals surface area contributed by atoms with E-state index in [-0.39, 0.29) is 17.2 Å². The minimum Gasteiger partial charge on any atom is -0.404 e. The fraction of sp³-hybridized carbons (Fsp3) is 0.0588. The minimum absolute atomic E-state index is 0.107. The van der Waals surface area contributed by atoms with Gasteiger partial charge in [-0.2, -0.15) is 0 Å². The summed E-state index contributed by atoms with van der Waals surface area (Å²) in [4.78, 5) is 12.0. The zero-order chi connectivity index (χ0) is 17.1. The molecule has 0 aliphatic carbocycles. The maximum absolute atomic E-state index is 13.6. The lowest BCUT2D eigenvalue weighted by molar-refractivity contribution is 0.214. The van der Waals surface area contributed by atoms with Crippen molar-refractivity contribution in [3.63, 3.8) is 0 Å². The van der Waals surface area contributed by atoms with E-state index in [4.69, 9.17) is 9.26 Å². The number of benzene rings is 2. The fourth-order valence-corrected chi connectivity index (χ4v) is 2.09. The first-order chi connectivity index (χ1) is 11.5. The third-order valence-corrected chi connectivity index (χ3v) is 3.22. The Morgan fingerprint density at radius 1 is 1.17 bits per heavy atom. The Morgan fingerprint density at radius 2 is 1.92 bits per heavy atom. The highest BCUT2D eigenvalue weighted by Crippen LogP contribution is 2.32. The molecule has 0 saturated heterocycles. The van der Waals surface area contributed by atoms with Crippen molar-refractivity contribution in [2.75, 3.05) is 5.32 Å². The predicted octanol–water partition coefficient (Wildman–Crippen LogP) is 4.54.